The number of carbonyl (C=O) groups excluding carboxylic acids is 2. The van der Waals surface area contributed by atoms with Crippen LogP contribution in [0.5, 0.6) is 0 Å². The van der Waals surface area contributed by atoms with Gasteiger partial charge in [-0.2, -0.15) is 0 Å². The molecular weight excluding hydrogens is 1080 g/mol. The second-order valence-corrected chi connectivity index (χ2v) is 28.1. The summed E-state index contributed by atoms with van der Waals surface area (Å²) in [4.78, 5) is 24.7. The summed E-state index contributed by atoms with van der Waals surface area (Å²) in [6.45, 7) is 4.96. The number of amides is 1. The second-order valence-electron chi connectivity index (χ2n) is 28.1. The number of nitrogens with one attached hydrogen (secondary N) is 1. The lowest BCUT2D eigenvalue weighted by atomic mass is 10.0. The highest BCUT2D eigenvalue weighted by Gasteiger charge is 2.18. The van der Waals surface area contributed by atoms with Crippen molar-refractivity contribution >= 4 is 11.9 Å². The molecule has 6 heteroatoms. The van der Waals surface area contributed by atoms with Gasteiger partial charge in [-0.1, -0.05) is 417 Å². The van der Waals surface area contributed by atoms with E-state index in [4.69, 9.17) is 4.74 Å². The van der Waals surface area contributed by atoms with Crippen molar-refractivity contribution in [2.75, 3.05) is 13.2 Å². The Morgan fingerprint density at radius 2 is 0.534 bits per heavy atom. The fraction of sp³-hybridized carbons (Fsp3) is 0.927. The number of allylic oxidation sites excluding steroid dienone is 3. The molecule has 0 aromatic rings. The highest BCUT2D eigenvalue weighted by atomic mass is 16.5. The average Bonchev–Trinajstić information content (AvgIpc) is 3.59. The number of esters is 1. The van der Waals surface area contributed by atoms with Crippen molar-refractivity contribution in [3.8, 4) is 0 Å². The third-order valence-electron chi connectivity index (χ3n) is 19.2. The SMILES string of the molecule is CCCCCCCCC/C=C\CCCCCCCCCC(=O)OCCCCCCCCCCCCCCCCCCCCCCCCCCCCCCCCC(=O)NC(CO)C(O)/C=C/CCCCCCCCCCCCCCCCCCCCCCC. The summed E-state index contributed by atoms with van der Waals surface area (Å²) >= 11 is 0. The number of hydrogen-bond acceptors (Lipinski definition) is 5. The summed E-state index contributed by atoms with van der Waals surface area (Å²) in [6.07, 6.45) is 100. The molecule has 0 rings (SSSR count). The number of aliphatic hydroxyl groups excluding tert-OH is 2. The zero-order chi connectivity index (χ0) is 63.5. The number of carbonyl (C=O) groups is 2. The fourth-order valence-corrected chi connectivity index (χ4v) is 13.0. The maximum atomic E-state index is 12.6. The van der Waals surface area contributed by atoms with Gasteiger partial charge in [0.25, 0.3) is 0 Å². The summed E-state index contributed by atoms with van der Waals surface area (Å²) in [6, 6.07) is -0.626. The molecule has 0 aromatic heterocycles. The lowest BCUT2D eigenvalue weighted by Gasteiger charge is -2.20. The molecule has 0 aliphatic heterocycles. The Bertz CT molecular complexity index is 1380. The Morgan fingerprint density at radius 3 is 0.807 bits per heavy atom. The first kappa shape index (κ1) is 86.3. The van der Waals surface area contributed by atoms with Crippen LogP contribution in [-0.4, -0.2) is 47.4 Å². The molecule has 88 heavy (non-hydrogen) atoms. The molecule has 0 aliphatic rings. The predicted molar refractivity (Wildman–Crippen MR) is 389 cm³/mol. The minimum atomic E-state index is -0.843. The first-order valence-electron chi connectivity index (χ1n) is 40.6. The number of unbranched alkanes of at least 4 members (excludes halogenated alkanes) is 64. The Kier molecular flexibility index (Phi) is 76.3. The Hall–Kier alpha value is -1.66. The van der Waals surface area contributed by atoms with Gasteiger partial charge in [0, 0.05) is 12.8 Å². The van der Waals surface area contributed by atoms with Gasteiger partial charge in [-0.3, -0.25) is 9.59 Å². The van der Waals surface area contributed by atoms with E-state index >= 15 is 0 Å². The summed E-state index contributed by atoms with van der Waals surface area (Å²) < 4.78 is 5.51. The van der Waals surface area contributed by atoms with Crippen LogP contribution in [-0.2, 0) is 14.3 Å². The standard InChI is InChI=1S/C82H159NO5/c1-3-5-7-9-11-13-15-17-19-21-23-24-33-36-39-42-46-50-54-58-62-66-70-74-80(85)79(78-84)83-81(86)75-71-67-63-59-55-51-47-43-40-37-34-31-29-27-25-26-28-30-32-35-38-41-45-49-53-57-61-65-69-73-77-88-82(87)76-72-68-64-60-56-52-48-44-22-20-18-16-14-12-10-8-6-4-2/h20,22,70,74,79-80,84-85H,3-19,21,23-69,71-73,75-78H2,1-2H3,(H,83,86)/b22-20-,74-70+. The van der Waals surface area contributed by atoms with Crippen molar-refractivity contribution < 1.29 is 24.5 Å². The average molecular weight is 1240 g/mol. The molecule has 0 heterocycles. The summed E-state index contributed by atoms with van der Waals surface area (Å²) in [5.74, 6) is -0.0407. The van der Waals surface area contributed by atoms with Crippen molar-refractivity contribution in [2.24, 2.45) is 0 Å². The van der Waals surface area contributed by atoms with Crippen LogP contribution >= 0.6 is 0 Å². The van der Waals surface area contributed by atoms with Crippen molar-refractivity contribution in [3.05, 3.63) is 24.3 Å². The van der Waals surface area contributed by atoms with Crippen molar-refractivity contribution in [3.63, 3.8) is 0 Å². The Balaban J connectivity index is 3.35. The van der Waals surface area contributed by atoms with E-state index < -0.39 is 12.1 Å². The maximum Gasteiger partial charge on any atom is 0.305 e. The van der Waals surface area contributed by atoms with E-state index in [0.29, 0.717) is 19.4 Å². The van der Waals surface area contributed by atoms with E-state index in [2.05, 4.69) is 31.3 Å². The molecule has 0 radical (unpaired) electrons. The molecule has 0 spiro atoms. The minimum Gasteiger partial charge on any atom is -0.466 e. The smallest absolute Gasteiger partial charge is 0.305 e. The summed E-state index contributed by atoms with van der Waals surface area (Å²) in [7, 11) is 0. The van der Waals surface area contributed by atoms with Gasteiger partial charge in [0.15, 0.2) is 0 Å². The van der Waals surface area contributed by atoms with Gasteiger partial charge in [-0.05, 0) is 57.8 Å². The van der Waals surface area contributed by atoms with Crippen LogP contribution in [0.2, 0.25) is 0 Å². The van der Waals surface area contributed by atoms with E-state index in [1.54, 1.807) is 6.08 Å². The van der Waals surface area contributed by atoms with Crippen LogP contribution in [0.15, 0.2) is 24.3 Å². The number of hydrogen-bond donors (Lipinski definition) is 3. The molecule has 1 amide bonds. The lowest BCUT2D eigenvalue weighted by Crippen LogP contribution is -2.45. The molecule has 0 saturated heterocycles. The van der Waals surface area contributed by atoms with E-state index in [0.717, 1.165) is 44.9 Å². The zero-order valence-electron chi connectivity index (χ0n) is 60.0. The lowest BCUT2D eigenvalue weighted by molar-refractivity contribution is -0.143. The van der Waals surface area contributed by atoms with E-state index in [9.17, 15) is 19.8 Å². The van der Waals surface area contributed by atoms with Crippen LogP contribution < -0.4 is 5.32 Å². The molecule has 0 saturated carbocycles. The number of rotatable bonds is 77. The largest absolute Gasteiger partial charge is 0.466 e. The Morgan fingerprint density at radius 1 is 0.307 bits per heavy atom. The molecular formula is C82H159NO5. The van der Waals surface area contributed by atoms with Gasteiger partial charge >= 0.3 is 5.97 Å². The number of ether oxygens (including phenoxy) is 1. The molecule has 522 valence electrons. The highest BCUT2D eigenvalue weighted by Crippen LogP contribution is 2.20. The van der Waals surface area contributed by atoms with Crippen molar-refractivity contribution in [1.29, 1.82) is 0 Å². The van der Waals surface area contributed by atoms with Crippen LogP contribution in [0, 0.1) is 0 Å². The van der Waals surface area contributed by atoms with Crippen LogP contribution in [0.4, 0.5) is 0 Å². The van der Waals surface area contributed by atoms with E-state index in [1.807, 2.05) is 6.08 Å². The van der Waals surface area contributed by atoms with Crippen molar-refractivity contribution in [1.82, 2.24) is 5.32 Å². The molecule has 3 N–H and O–H groups in total. The van der Waals surface area contributed by atoms with Gasteiger partial charge in [0.2, 0.25) is 5.91 Å². The maximum absolute atomic E-state index is 12.6. The fourth-order valence-electron chi connectivity index (χ4n) is 13.0. The molecule has 6 nitrogen and oxygen atoms in total. The predicted octanol–water partition coefficient (Wildman–Crippen LogP) is 26.8. The number of aliphatic hydroxyl groups is 2. The van der Waals surface area contributed by atoms with Crippen LogP contribution in [0.1, 0.15) is 463 Å². The monoisotopic (exact) mass is 1240 g/mol. The molecule has 0 bridgehead atoms. The second kappa shape index (κ2) is 77.8. The van der Waals surface area contributed by atoms with Crippen LogP contribution in [0.3, 0.4) is 0 Å². The van der Waals surface area contributed by atoms with E-state index in [-0.39, 0.29) is 18.5 Å². The zero-order valence-corrected chi connectivity index (χ0v) is 60.0. The molecule has 0 aliphatic carbocycles. The summed E-state index contributed by atoms with van der Waals surface area (Å²) in [5, 5.41) is 23.3. The quantitative estimate of drug-likeness (QED) is 0.0320. The van der Waals surface area contributed by atoms with E-state index in [1.165, 1.54) is 392 Å². The van der Waals surface area contributed by atoms with Gasteiger partial charge in [0.05, 0.1) is 25.4 Å². The third kappa shape index (κ3) is 73.4. The van der Waals surface area contributed by atoms with Gasteiger partial charge in [0.1, 0.15) is 0 Å². The Labute approximate surface area is 551 Å². The van der Waals surface area contributed by atoms with Gasteiger partial charge < -0.3 is 20.3 Å². The topological polar surface area (TPSA) is 95.9 Å². The normalized spacial score (nSPS) is 12.5. The van der Waals surface area contributed by atoms with Gasteiger partial charge in [-0.25, -0.2) is 0 Å². The molecule has 2 atom stereocenters. The molecule has 0 fully saturated rings. The minimum absolute atomic E-state index is 0.0181. The molecule has 0 aromatic carbocycles. The molecule has 2 unspecified atom stereocenters. The van der Waals surface area contributed by atoms with Crippen molar-refractivity contribution in [2.45, 2.75) is 475 Å². The third-order valence-corrected chi connectivity index (χ3v) is 19.2. The first-order chi connectivity index (χ1) is 43.5. The van der Waals surface area contributed by atoms with Crippen LogP contribution in [0.25, 0.3) is 0 Å². The summed E-state index contributed by atoms with van der Waals surface area (Å²) in [5.41, 5.74) is 0. The van der Waals surface area contributed by atoms with Gasteiger partial charge in [-0.15, -0.1) is 0 Å². The first-order valence-corrected chi connectivity index (χ1v) is 40.6. The highest BCUT2D eigenvalue weighted by molar-refractivity contribution is 5.76.